The molecule has 0 unspecified atom stereocenters. The molecular weight excluding hydrogens is 268 g/mol. The van der Waals surface area contributed by atoms with E-state index in [1.807, 2.05) is 0 Å². The largest absolute Gasteiger partial charge is 0.481 e. The number of carbonyl (C=O) groups excluding carboxylic acids is 1. The van der Waals surface area contributed by atoms with Crippen LogP contribution in [0.2, 0.25) is 0 Å². The van der Waals surface area contributed by atoms with E-state index in [-0.39, 0.29) is 30.7 Å². The summed E-state index contributed by atoms with van der Waals surface area (Å²) in [6, 6.07) is 3.14. The van der Waals surface area contributed by atoms with Gasteiger partial charge in [0.1, 0.15) is 11.6 Å². The van der Waals surface area contributed by atoms with Gasteiger partial charge in [0.15, 0.2) is 0 Å². The summed E-state index contributed by atoms with van der Waals surface area (Å²) in [6.07, 6.45) is 0.539. The van der Waals surface area contributed by atoms with E-state index in [0.29, 0.717) is 13.0 Å². The maximum absolute atomic E-state index is 13.4. The Morgan fingerprint density at radius 2 is 1.95 bits per heavy atom. The molecule has 0 fully saturated rings. The van der Waals surface area contributed by atoms with Crippen LogP contribution in [-0.2, 0) is 16.0 Å². The first kappa shape index (κ1) is 16.1. The van der Waals surface area contributed by atoms with Crippen LogP contribution in [0, 0.1) is 11.6 Å². The molecule has 0 aliphatic heterocycles. The van der Waals surface area contributed by atoms with Crippen molar-refractivity contribution in [2.75, 3.05) is 13.6 Å². The Kier molecular flexibility index (Phi) is 6.09. The van der Waals surface area contributed by atoms with Gasteiger partial charge in [0.05, 0.1) is 0 Å². The minimum atomic E-state index is -0.910. The van der Waals surface area contributed by atoms with Gasteiger partial charge < -0.3 is 10.0 Å². The molecule has 0 aliphatic carbocycles. The lowest BCUT2D eigenvalue weighted by molar-refractivity contribution is -0.138. The van der Waals surface area contributed by atoms with Crippen molar-refractivity contribution in [2.45, 2.75) is 25.7 Å². The van der Waals surface area contributed by atoms with Crippen molar-refractivity contribution >= 4 is 11.9 Å². The number of carboxylic acid groups (broad SMARTS) is 1. The first-order chi connectivity index (χ1) is 9.40. The monoisotopic (exact) mass is 285 g/mol. The molecule has 0 atom stereocenters. The predicted molar refractivity (Wildman–Crippen MR) is 69.2 cm³/mol. The van der Waals surface area contributed by atoms with Crippen molar-refractivity contribution in [3.63, 3.8) is 0 Å². The molecular formula is C14H17F2NO3. The Bertz CT molecular complexity index is 491. The van der Waals surface area contributed by atoms with E-state index in [2.05, 4.69) is 0 Å². The van der Waals surface area contributed by atoms with E-state index < -0.39 is 17.6 Å². The van der Waals surface area contributed by atoms with E-state index in [9.17, 15) is 18.4 Å². The molecule has 0 radical (unpaired) electrons. The third-order valence-electron chi connectivity index (χ3n) is 2.93. The summed E-state index contributed by atoms with van der Waals surface area (Å²) in [7, 11) is 1.56. The first-order valence-corrected chi connectivity index (χ1v) is 6.30. The molecule has 1 N–H and O–H groups in total. The quantitative estimate of drug-likeness (QED) is 0.835. The van der Waals surface area contributed by atoms with Gasteiger partial charge in [-0.3, -0.25) is 9.59 Å². The lowest BCUT2D eigenvalue weighted by Gasteiger charge is -2.16. The standard InChI is InChI=1S/C14H17F2NO3/c1-17(8-2-3-14(19)20)13(18)7-4-10-9-11(15)5-6-12(10)16/h5-6,9H,2-4,7-8H2,1H3,(H,19,20). The summed E-state index contributed by atoms with van der Waals surface area (Å²) in [5, 5.41) is 8.49. The fraction of sp³-hybridized carbons (Fsp3) is 0.429. The van der Waals surface area contributed by atoms with Crippen LogP contribution >= 0.6 is 0 Å². The van der Waals surface area contributed by atoms with Crippen molar-refractivity contribution in [1.29, 1.82) is 0 Å². The zero-order valence-corrected chi connectivity index (χ0v) is 11.2. The second-order valence-corrected chi connectivity index (χ2v) is 4.55. The summed E-state index contributed by atoms with van der Waals surface area (Å²) in [6.45, 7) is 0.330. The number of hydrogen-bond donors (Lipinski definition) is 1. The van der Waals surface area contributed by atoms with Crippen molar-refractivity contribution in [3.8, 4) is 0 Å². The third-order valence-corrected chi connectivity index (χ3v) is 2.93. The Balaban J connectivity index is 2.42. The van der Waals surface area contributed by atoms with E-state index in [0.717, 1.165) is 18.2 Å². The molecule has 0 saturated carbocycles. The molecule has 4 nitrogen and oxygen atoms in total. The average molecular weight is 285 g/mol. The van der Waals surface area contributed by atoms with Gasteiger partial charge in [-0.1, -0.05) is 0 Å². The number of aryl methyl sites for hydroxylation is 1. The van der Waals surface area contributed by atoms with Gasteiger partial charge >= 0.3 is 5.97 Å². The smallest absolute Gasteiger partial charge is 0.303 e. The van der Waals surface area contributed by atoms with Crippen LogP contribution in [0.3, 0.4) is 0 Å². The molecule has 0 saturated heterocycles. The lowest BCUT2D eigenvalue weighted by atomic mass is 10.1. The maximum atomic E-state index is 13.4. The predicted octanol–water partition coefficient (Wildman–Crippen LogP) is 2.22. The second-order valence-electron chi connectivity index (χ2n) is 4.55. The fourth-order valence-corrected chi connectivity index (χ4v) is 1.76. The van der Waals surface area contributed by atoms with Crippen LogP contribution in [-0.4, -0.2) is 35.5 Å². The molecule has 1 aromatic rings. The van der Waals surface area contributed by atoms with Crippen LogP contribution in [0.1, 0.15) is 24.8 Å². The highest BCUT2D eigenvalue weighted by Gasteiger charge is 2.11. The highest BCUT2D eigenvalue weighted by Crippen LogP contribution is 2.12. The van der Waals surface area contributed by atoms with Crippen molar-refractivity contribution in [3.05, 3.63) is 35.4 Å². The number of carbonyl (C=O) groups is 2. The Labute approximate surface area is 116 Å². The minimum Gasteiger partial charge on any atom is -0.481 e. The van der Waals surface area contributed by atoms with E-state index in [1.165, 1.54) is 4.90 Å². The first-order valence-electron chi connectivity index (χ1n) is 6.30. The van der Waals surface area contributed by atoms with Crippen molar-refractivity contribution in [1.82, 2.24) is 4.90 Å². The topological polar surface area (TPSA) is 57.6 Å². The zero-order chi connectivity index (χ0) is 15.1. The van der Waals surface area contributed by atoms with Gasteiger partial charge in [0.2, 0.25) is 5.91 Å². The number of rotatable bonds is 7. The van der Waals surface area contributed by atoms with E-state index in [1.54, 1.807) is 7.05 Å². The summed E-state index contributed by atoms with van der Waals surface area (Å²) < 4.78 is 26.3. The lowest BCUT2D eigenvalue weighted by Crippen LogP contribution is -2.28. The number of halogens is 2. The normalized spacial score (nSPS) is 10.3. The van der Waals surface area contributed by atoms with Crippen LogP contribution in [0.4, 0.5) is 8.78 Å². The van der Waals surface area contributed by atoms with Gasteiger partial charge in [0, 0.05) is 26.4 Å². The number of benzene rings is 1. The summed E-state index contributed by atoms with van der Waals surface area (Å²) >= 11 is 0. The van der Waals surface area contributed by atoms with E-state index >= 15 is 0 Å². The molecule has 20 heavy (non-hydrogen) atoms. The van der Waals surface area contributed by atoms with E-state index in [4.69, 9.17) is 5.11 Å². The number of amides is 1. The molecule has 0 aliphatic rings. The highest BCUT2D eigenvalue weighted by molar-refractivity contribution is 5.76. The van der Waals surface area contributed by atoms with Crippen molar-refractivity contribution < 1.29 is 23.5 Å². The molecule has 0 spiro atoms. The Morgan fingerprint density at radius 1 is 1.25 bits per heavy atom. The zero-order valence-electron chi connectivity index (χ0n) is 11.2. The van der Waals surface area contributed by atoms with Gasteiger partial charge in [-0.2, -0.15) is 0 Å². The Hall–Kier alpha value is -1.98. The molecule has 1 aromatic carbocycles. The summed E-state index contributed by atoms with van der Waals surface area (Å²) in [5.74, 6) is -2.21. The SMILES string of the molecule is CN(CCCC(=O)O)C(=O)CCc1cc(F)ccc1F. The molecule has 110 valence electrons. The molecule has 1 rings (SSSR count). The van der Waals surface area contributed by atoms with Crippen LogP contribution < -0.4 is 0 Å². The number of carboxylic acids is 1. The van der Waals surface area contributed by atoms with Gasteiger partial charge in [-0.15, -0.1) is 0 Å². The van der Waals surface area contributed by atoms with Crippen molar-refractivity contribution in [2.24, 2.45) is 0 Å². The van der Waals surface area contributed by atoms with Gasteiger partial charge in [0.25, 0.3) is 0 Å². The number of nitrogens with zero attached hydrogens (tertiary/aromatic N) is 1. The number of hydrogen-bond acceptors (Lipinski definition) is 2. The molecule has 0 heterocycles. The van der Waals surface area contributed by atoms with Gasteiger partial charge in [-0.25, -0.2) is 8.78 Å². The second kappa shape index (κ2) is 7.57. The average Bonchev–Trinajstić information content (AvgIpc) is 2.38. The Morgan fingerprint density at radius 3 is 2.60 bits per heavy atom. The molecule has 1 amide bonds. The minimum absolute atomic E-state index is 0.00382. The number of aliphatic carboxylic acids is 1. The van der Waals surface area contributed by atoms with Gasteiger partial charge in [-0.05, 0) is 36.6 Å². The van der Waals surface area contributed by atoms with Crippen LogP contribution in [0.15, 0.2) is 18.2 Å². The maximum Gasteiger partial charge on any atom is 0.303 e. The molecule has 6 heteroatoms. The highest BCUT2D eigenvalue weighted by atomic mass is 19.1. The third kappa shape index (κ3) is 5.34. The molecule has 0 aromatic heterocycles. The summed E-state index contributed by atoms with van der Waals surface area (Å²) in [5.41, 5.74) is 0.164. The fourth-order valence-electron chi connectivity index (χ4n) is 1.76. The van der Waals surface area contributed by atoms with Crippen LogP contribution in [0.5, 0.6) is 0 Å². The summed E-state index contributed by atoms with van der Waals surface area (Å²) in [4.78, 5) is 23.5. The van der Waals surface area contributed by atoms with Crippen LogP contribution in [0.25, 0.3) is 0 Å². The molecule has 0 bridgehead atoms.